The first-order chi connectivity index (χ1) is 14.1. The fraction of sp³-hybridized carbons (Fsp3) is 0.364. The number of hydrogen-bond donors (Lipinski definition) is 1. The largest absolute Gasteiger partial charge is 0.489 e. The average molecular weight is 401 g/mol. The van der Waals surface area contributed by atoms with Gasteiger partial charge in [0.25, 0.3) is 0 Å². The molecule has 0 spiro atoms. The fourth-order valence-electron chi connectivity index (χ4n) is 2.58. The second kappa shape index (κ2) is 12.5. The number of carbonyl (C=O) groups excluding carboxylic acids is 2. The van der Waals surface area contributed by atoms with Gasteiger partial charge in [-0.15, -0.1) is 0 Å². The molecule has 0 bridgehead atoms. The molecule has 2 aromatic carbocycles. The summed E-state index contributed by atoms with van der Waals surface area (Å²) in [6, 6.07) is 16.5. The Balaban J connectivity index is 1.87. The van der Waals surface area contributed by atoms with Crippen LogP contribution in [0.1, 0.15) is 11.1 Å². The number of hydrogen-bond acceptors (Lipinski definition) is 6. The Labute approximate surface area is 170 Å². The Morgan fingerprint density at radius 1 is 0.931 bits per heavy atom. The minimum atomic E-state index is -0.797. The summed E-state index contributed by atoms with van der Waals surface area (Å²) in [5.74, 6) is -0.179. The zero-order valence-electron chi connectivity index (χ0n) is 16.8. The lowest BCUT2D eigenvalue weighted by molar-refractivity contribution is -0.145. The van der Waals surface area contributed by atoms with Crippen molar-refractivity contribution in [1.29, 1.82) is 0 Å². The molecule has 1 amide bonds. The van der Waals surface area contributed by atoms with Crippen LogP contribution in [0.2, 0.25) is 0 Å². The van der Waals surface area contributed by atoms with Crippen LogP contribution in [0.4, 0.5) is 0 Å². The lowest BCUT2D eigenvalue weighted by Crippen LogP contribution is -2.44. The van der Waals surface area contributed by atoms with Crippen molar-refractivity contribution in [1.82, 2.24) is 5.32 Å². The first-order valence-corrected chi connectivity index (χ1v) is 9.32. The van der Waals surface area contributed by atoms with E-state index < -0.39 is 12.0 Å². The van der Waals surface area contributed by atoms with E-state index in [1.165, 1.54) is 7.11 Å². The third kappa shape index (κ3) is 8.33. The maximum absolute atomic E-state index is 12.0. The molecule has 0 fully saturated rings. The van der Waals surface area contributed by atoms with Crippen molar-refractivity contribution in [3.63, 3.8) is 0 Å². The molecule has 7 nitrogen and oxygen atoms in total. The lowest BCUT2D eigenvalue weighted by atomic mass is 10.1. The zero-order valence-corrected chi connectivity index (χ0v) is 16.8. The standard InChI is InChI=1S/C22H27NO6/c1-26-12-13-28-16-21(24)23-20(22(25)27-2)14-17-8-10-19(11-9-17)29-15-18-6-4-3-5-7-18/h3-11,20H,12-16H2,1-2H3,(H,23,24)/t20-/m1/s1. The molecule has 0 aliphatic carbocycles. The average Bonchev–Trinajstić information content (AvgIpc) is 2.76. The van der Waals surface area contributed by atoms with Gasteiger partial charge in [-0.1, -0.05) is 42.5 Å². The summed E-state index contributed by atoms with van der Waals surface area (Å²) in [6.45, 7) is 1.02. The molecule has 0 saturated carbocycles. The van der Waals surface area contributed by atoms with Crippen molar-refractivity contribution in [2.75, 3.05) is 34.0 Å². The molecule has 2 rings (SSSR count). The molecule has 2 aromatic rings. The summed E-state index contributed by atoms with van der Waals surface area (Å²) in [4.78, 5) is 24.0. The fourth-order valence-corrected chi connectivity index (χ4v) is 2.58. The van der Waals surface area contributed by atoms with Gasteiger partial charge in [0, 0.05) is 13.5 Å². The van der Waals surface area contributed by atoms with E-state index >= 15 is 0 Å². The number of amides is 1. The number of benzene rings is 2. The van der Waals surface area contributed by atoms with Gasteiger partial charge in [-0.3, -0.25) is 4.79 Å². The van der Waals surface area contributed by atoms with E-state index in [4.69, 9.17) is 18.9 Å². The van der Waals surface area contributed by atoms with Gasteiger partial charge < -0.3 is 24.3 Å². The molecule has 0 aliphatic rings. The number of carbonyl (C=O) groups is 2. The van der Waals surface area contributed by atoms with Gasteiger partial charge in [-0.2, -0.15) is 0 Å². The molecular weight excluding hydrogens is 374 g/mol. The number of methoxy groups -OCH3 is 2. The number of esters is 1. The van der Waals surface area contributed by atoms with Crippen LogP contribution in [-0.2, 0) is 36.8 Å². The van der Waals surface area contributed by atoms with E-state index in [0.29, 0.717) is 26.2 Å². The Bertz CT molecular complexity index is 748. The molecular formula is C22H27NO6. The van der Waals surface area contributed by atoms with Crippen LogP contribution in [0.5, 0.6) is 5.75 Å². The Hall–Kier alpha value is -2.90. The molecule has 7 heteroatoms. The number of ether oxygens (including phenoxy) is 4. The Morgan fingerprint density at radius 2 is 1.66 bits per heavy atom. The molecule has 156 valence electrons. The van der Waals surface area contributed by atoms with Gasteiger partial charge in [0.05, 0.1) is 20.3 Å². The molecule has 0 unspecified atom stereocenters. The van der Waals surface area contributed by atoms with Gasteiger partial charge in [-0.25, -0.2) is 4.79 Å². The van der Waals surface area contributed by atoms with Crippen molar-refractivity contribution in [3.8, 4) is 5.75 Å². The minimum Gasteiger partial charge on any atom is -0.489 e. The van der Waals surface area contributed by atoms with Crippen LogP contribution in [0.3, 0.4) is 0 Å². The smallest absolute Gasteiger partial charge is 0.328 e. The highest BCUT2D eigenvalue weighted by Gasteiger charge is 2.22. The summed E-state index contributed by atoms with van der Waals surface area (Å²) >= 11 is 0. The molecule has 0 radical (unpaired) electrons. The monoisotopic (exact) mass is 401 g/mol. The number of rotatable bonds is 12. The summed E-state index contributed by atoms with van der Waals surface area (Å²) in [7, 11) is 2.84. The predicted molar refractivity (Wildman–Crippen MR) is 108 cm³/mol. The molecule has 1 N–H and O–H groups in total. The quantitative estimate of drug-likeness (QED) is 0.433. The maximum atomic E-state index is 12.0. The summed E-state index contributed by atoms with van der Waals surface area (Å²) < 4.78 is 20.6. The predicted octanol–water partition coefficient (Wildman–Crippen LogP) is 2.13. The van der Waals surface area contributed by atoms with Crippen molar-refractivity contribution in [2.45, 2.75) is 19.1 Å². The molecule has 0 aromatic heterocycles. The van der Waals surface area contributed by atoms with Gasteiger partial charge in [0.2, 0.25) is 5.91 Å². The lowest BCUT2D eigenvalue weighted by Gasteiger charge is -2.17. The van der Waals surface area contributed by atoms with Crippen LogP contribution in [0.25, 0.3) is 0 Å². The summed E-state index contributed by atoms with van der Waals surface area (Å²) in [6.07, 6.45) is 0.301. The van der Waals surface area contributed by atoms with Crippen LogP contribution in [0, 0.1) is 0 Å². The van der Waals surface area contributed by atoms with Crippen LogP contribution in [-0.4, -0.2) is 52.0 Å². The maximum Gasteiger partial charge on any atom is 0.328 e. The van der Waals surface area contributed by atoms with Gasteiger partial charge in [-0.05, 0) is 23.3 Å². The first-order valence-electron chi connectivity index (χ1n) is 9.32. The van der Waals surface area contributed by atoms with E-state index in [0.717, 1.165) is 16.9 Å². The van der Waals surface area contributed by atoms with Gasteiger partial charge in [0.1, 0.15) is 25.0 Å². The Kier molecular flexibility index (Phi) is 9.68. The number of nitrogens with one attached hydrogen (secondary N) is 1. The third-order valence-corrected chi connectivity index (χ3v) is 4.10. The highest BCUT2D eigenvalue weighted by atomic mass is 16.5. The summed E-state index contributed by atoms with van der Waals surface area (Å²) in [5.41, 5.74) is 1.95. The molecule has 0 saturated heterocycles. The second-order valence-electron chi connectivity index (χ2n) is 6.31. The zero-order chi connectivity index (χ0) is 20.9. The summed E-state index contributed by atoms with van der Waals surface area (Å²) in [5, 5.41) is 2.64. The highest BCUT2D eigenvalue weighted by molar-refractivity contribution is 5.85. The van der Waals surface area contributed by atoms with Crippen LogP contribution in [0.15, 0.2) is 54.6 Å². The van der Waals surface area contributed by atoms with Crippen molar-refractivity contribution >= 4 is 11.9 Å². The minimum absolute atomic E-state index is 0.150. The van der Waals surface area contributed by atoms with Crippen LogP contribution < -0.4 is 10.1 Å². The van der Waals surface area contributed by atoms with E-state index in [2.05, 4.69) is 5.32 Å². The Morgan fingerprint density at radius 3 is 2.31 bits per heavy atom. The van der Waals surface area contributed by atoms with Crippen molar-refractivity contribution in [2.24, 2.45) is 0 Å². The molecule has 1 atom stereocenters. The molecule has 0 heterocycles. The second-order valence-corrected chi connectivity index (χ2v) is 6.31. The SMILES string of the molecule is COCCOCC(=O)N[C@H](Cc1ccc(OCc2ccccc2)cc1)C(=O)OC. The van der Waals surface area contributed by atoms with Crippen molar-refractivity contribution in [3.05, 3.63) is 65.7 Å². The van der Waals surface area contributed by atoms with E-state index in [1.807, 2.05) is 54.6 Å². The normalized spacial score (nSPS) is 11.5. The van der Waals surface area contributed by atoms with E-state index in [9.17, 15) is 9.59 Å². The van der Waals surface area contributed by atoms with Gasteiger partial charge in [0.15, 0.2) is 0 Å². The first kappa shape index (κ1) is 22.4. The van der Waals surface area contributed by atoms with E-state index in [-0.39, 0.29) is 12.5 Å². The topological polar surface area (TPSA) is 83.1 Å². The molecule has 29 heavy (non-hydrogen) atoms. The van der Waals surface area contributed by atoms with E-state index in [1.54, 1.807) is 7.11 Å². The highest BCUT2D eigenvalue weighted by Crippen LogP contribution is 2.15. The van der Waals surface area contributed by atoms with Crippen molar-refractivity contribution < 1.29 is 28.5 Å². The van der Waals surface area contributed by atoms with Gasteiger partial charge >= 0.3 is 5.97 Å². The third-order valence-electron chi connectivity index (χ3n) is 4.10. The molecule has 0 aliphatic heterocycles. The van der Waals surface area contributed by atoms with Crippen LogP contribution >= 0.6 is 0 Å².